The Morgan fingerprint density at radius 1 is 0.769 bits per heavy atom. The van der Waals surface area contributed by atoms with Crippen molar-refractivity contribution in [2.75, 3.05) is 0 Å². The fraction of sp³-hybridized carbons (Fsp3) is 0.680. The SMILES string of the molecule is CCC(C)C1NC(=O)C(C(C)O)NC(=O)C(C(C)C)NC(=O)C(C(C)O)NC(=O)C(C)NC(=O)c2csc1n2. The number of hydrogen-bond donors (Lipinski definition) is 7. The van der Waals surface area contributed by atoms with E-state index in [9.17, 15) is 34.2 Å². The van der Waals surface area contributed by atoms with Crippen LogP contribution in [0.2, 0.25) is 0 Å². The molecule has 1 aliphatic rings. The third kappa shape index (κ3) is 8.19. The molecule has 5 amide bonds. The molecule has 2 bridgehead atoms. The van der Waals surface area contributed by atoms with Crippen LogP contribution < -0.4 is 26.6 Å². The van der Waals surface area contributed by atoms with Crippen molar-refractivity contribution in [3.63, 3.8) is 0 Å². The lowest BCUT2D eigenvalue weighted by molar-refractivity contribution is -0.137. The molecule has 0 saturated carbocycles. The van der Waals surface area contributed by atoms with Gasteiger partial charge in [0.05, 0.1) is 18.2 Å². The minimum Gasteiger partial charge on any atom is -0.391 e. The first kappa shape index (κ1) is 32.1. The van der Waals surface area contributed by atoms with Gasteiger partial charge in [0.25, 0.3) is 5.91 Å². The van der Waals surface area contributed by atoms with Gasteiger partial charge in [-0.2, -0.15) is 0 Å². The molecule has 1 aromatic heterocycles. The molecule has 0 fully saturated rings. The second-order valence-electron chi connectivity index (χ2n) is 10.3. The number of hydrogen-bond acceptors (Lipinski definition) is 9. The molecule has 8 unspecified atom stereocenters. The van der Waals surface area contributed by atoms with Crippen LogP contribution in [0.15, 0.2) is 5.38 Å². The van der Waals surface area contributed by atoms with Gasteiger partial charge >= 0.3 is 0 Å². The summed E-state index contributed by atoms with van der Waals surface area (Å²) in [5.74, 6) is -4.17. The Bertz CT molecular complexity index is 1060. The third-order valence-corrected chi connectivity index (χ3v) is 7.57. The zero-order valence-electron chi connectivity index (χ0n) is 23.3. The zero-order valence-corrected chi connectivity index (χ0v) is 24.1. The van der Waals surface area contributed by atoms with E-state index in [1.54, 1.807) is 13.8 Å². The molecule has 13 nitrogen and oxygen atoms in total. The molecule has 218 valence electrons. The number of aromatic nitrogens is 1. The summed E-state index contributed by atoms with van der Waals surface area (Å²) in [6.45, 7) is 11.2. The quantitative estimate of drug-likeness (QED) is 0.243. The molecule has 1 aromatic rings. The summed E-state index contributed by atoms with van der Waals surface area (Å²) in [5, 5.41) is 35.3. The smallest absolute Gasteiger partial charge is 0.271 e. The third-order valence-electron chi connectivity index (χ3n) is 6.64. The van der Waals surface area contributed by atoms with E-state index >= 15 is 0 Å². The van der Waals surface area contributed by atoms with E-state index < -0.39 is 77.9 Å². The number of nitrogens with zero attached hydrogens (tertiary/aromatic N) is 1. The van der Waals surface area contributed by atoms with E-state index in [2.05, 4.69) is 31.6 Å². The molecule has 0 spiro atoms. The van der Waals surface area contributed by atoms with Crippen LogP contribution in [-0.4, -0.2) is 81.1 Å². The number of fused-ring (bicyclic) bond motifs is 2. The van der Waals surface area contributed by atoms with Crippen LogP contribution >= 0.6 is 11.3 Å². The van der Waals surface area contributed by atoms with Gasteiger partial charge in [-0.3, -0.25) is 24.0 Å². The first-order valence-electron chi connectivity index (χ1n) is 13.0. The largest absolute Gasteiger partial charge is 0.391 e. The standard InChI is InChI=1S/C25H40N6O7S/c1-8-11(4)17-25-27-15(9-39-25)21(35)26-12(5)20(34)30-18(13(6)32)23(37)28-16(10(2)3)22(36)31-19(14(7)33)24(38)29-17/h9-14,16-19,32-33H,8H2,1-7H3,(H,26,35)(H,28,37)(H,29,38)(H,30,34)(H,31,36). The van der Waals surface area contributed by atoms with E-state index in [1.165, 1.54) is 26.2 Å². The Balaban J connectivity index is 2.56. The second-order valence-corrected chi connectivity index (χ2v) is 11.2. The summed E-state index contributed by atoms with van der Waals surface area (Å²) in [6, 6.07) is -5.68. The predicted molar refractivity (Wildman–Crippen MR) is 143 cm³/mol. The maximum atomic E-state index is 13.3. The minimum atomic E-state index is -1.44. The van der Waals surface area contributed by atoms with Gasteiger partial charge in [0.2, 0.25) is 23.6 Å². The van der Waals surface area contributed by atoms with Crippen LogP contribution in [0.3, 0.4) is 0 Å². The van der Waals surface area contributed by atoms with Crippen molar-refractivity contribution < 1.29 is 34.2 Å². The maximum Gasteiger partial charge on any atom is 0.271 e. The van der Waals surface area contributed by atoms with E-state index in [0.717, 1.165) is 11.3 Å². The molecule has 8 atom stereocenters. The number of thiazole rings is 1. The molecular formula is C25H40N6O7S. The lowest BCUT2D eigenvalue weighted by Gasteiger charge is -2.30. The van der Waals surface area contributed by atoms with Gasteiger partial charge in [-0.1, -0.05) is 34.1 Å². The number of amides is 5. The number of aliphatic hydroxyl groups excluding tert-OH is 2. The molecule has 2 heterocycles. The fourth-order valence-electron chi connectivity index (χ4n) is 3.91. The van der Waals surface area contributed by atoms with Crippen LogP contribution in [0.25, 0.3) is 0 Å². The highest BCUT2D eigenvalue weighted by Gasteiger charge is 2.36. The van der Waals surface area contributed by atoms with Crippen molar-refractivity contribution in [3.05, 3.63) is 16.1 Å². The van der Waals surface area contributed by atoms with E-state index in [4.69, 9.17) is 0 Å². The molecule has 0 aromatic carbocycles. The molecule has 2 rings (SSSR count). The summed E-state index contributed by atoms with van der Waals surface area (Å²) in [7, 11) is 0. The van der Waals surface area contributed by atoms with Crippen LogP contribution in [0.1, 0.15) is 76.4 Å². The van der Waals surface area contributed by atoms with Crippen LogP contribution in [0.5, 0.6) is 0 Å². The highest BCUT2D eigenvalue weighted by atomic mass is 32.1. The summed E-state index contributed by atoms with van der Waals surface area (Å²) in [6.07, 6.45) is -1.97. The van der Waals surface area contributed by atoms with Gasteiger partial charge in [0.1, 0.15) is 34.9 Å². The molecular weight excluding hydrogens is 528 g/mol. The van der Waals surface area contributed by atoms with Crippen molar-refractivity contribution in [2.24, 2.45) is 11.8 Å². The average Bonchev–Trinajstić information content (AvgIpc) is 3.35. The molecule has 0 saturated heterocycles. The highest BCUT2D eigenvalue weighted by Crippen LogP contribution is 2.27. The summed E-state index contributed by atoms with van der Waals surface area (Å²) in [5.41, 5.74) is 0.0308. The predicted octanol–water partition coefficient (Wildman–Crippen LogP) is -0.650. The maximum absolute atomic E-state index is 13.3. The first-order chi connectivity index (χ1) is 18.2. The first-order valence-corrected chi connectivity index (χ1v) is 13.9. The van der Waals surface area contributed by atoms with Crippen molar-refractivity contribution >= 4 is 40.9 Å². The molecule has 7 N–H and O–H groups in total. The second kappa shape index (κ2) is 13.8. The lowest BCUT2D eigenvalue weighted by atomic mass is 9.98. The number of carbonyl (C=O) groups is 5. The zero-order chi connectivity index (χ0) is 29.6. The molecule has 1 aliphatic heterocycles. The number of nitrogens with one attached hydrogen (secondary N) is 5. The molecule has 0 aliphatic carbocycles. The molecule has 39 heavy (non-hydrogen) atoms. The van der Waals surface area contributed by atoms with Crippen molar-refractivity contribution in [2.45, 2.75) is 97.3 Å². The fourth-order valence-corrected chi connectivity index (χ4v) is 4.89. The van der Waals surface area contributed by atoms with Gasteiger partial charge in [-0.15, -0.1) is 11.3 Å². The summed E-state index contributed by atoms with van der Waals surface area (Å²) in [4.78, 5) is 69.6. The Morgan fingerprint density at radius 3 is 1.72 bits per heavy atom. The van der Waals surface area contributed by atoms with E-state index in [-0.39, 0.29) is 11.6 Å². The van der Waals surface area contributed by atoms with Crippen molar-refractivity contribution in [1.29, 1.82) is 0 Å². The highest BCUT2D eigenvalue weighted by molar-refractivity contribution is 7.09. The van der Waals surface area contributed by atoms with Gasteiger partial charge in [0.15, 0.2) is 0 Å². The summed E-state index contributed by atoms with van der Waals surface area (Å²) >= 11 is 1.15. The van der Waals surface area contributed by atoms with Gasteiger partial charge in [0, 0.05) is 5.38 Å². The Kier molecular flexibility index (Phi) is 11.4. The van der Waals surface area contributed by atoms with Gasteiger partial charge in [-0.25, -0.2) is 4.98 Å². The minimum absolute atomic E-state index is 0.0308. The Hall–Kier alpha value is -3.10. The van der Waals surface area contributed by atoms with E-state index in [1.807, 2.05) is 13.8 Å². The van der Waals surface area contributed by atoms with Crippen LogP contribution in [0.4, 0.5) is 0 Å². The summed E-state index contributed by atoms with van der Waals surface area (Å²) < 4.78 is 0. The molecule has 14 heteroatoms. The Labute approximate surface area is 231 Å². The van der Waals surface area contributed by atoms with E-state index in [0.29, 0.717) is 11.4 Å². The van der Waals surface area contributed by atoms with Crippen LogP contribution in [0, 0.1) is 11.8 Å². The number of aliphatic hydroxyl groups is 2. The van der Waals surface area contributed by atoms with Crippen LogP contribution in [-0.2, 0) is 19.2 Å². The van der Waals surface area contributed by atoms with Gasteiger partial charge in [-0.05, 0) is 32.6 Å². The Morgan fingerprint density at radius 2 is 1.23 bits per heavy atom. The monoisotopic (exact) mass is 568 g/mol. The van der Waals surface area contributed by atoms with Gasteiger partial charge < -0.3 is 36.8 Å². The number of rotatable bonds is 5. The lowest BCUT2D eigenvalue weighted by Crippen LogP contribution is -2.62. The average molecular weight is 569 g/mol. The van der Waals surface area contributed by atoms with Crippen molar-refractivity contribution in [3.8, 4) is 0 Å². The topological polar surface area (TPSA) is 199 Å². The molecule has 0 radical (unpaired) electrons. The number of carbonyl (C=O) groups excluding carboxylic acids is 5. The van der Waals surface area contributed by atoms with Crippen molar-refractivity contribution in [1.82, 2.24) is 31.6 Å². The normalized spacial score (nSPS) is 28.2.